The molecule has 1 aromatic carbocycles. The van der Waals surface area contributed by atoms with Gasteiger partial charge in [-0.2, -0.15) is 15.0 Å². The molecule has 0 saturated carbocycles. The Kier molecular flexibility index (Phi) is 10.2. The first-order chi connectivity index (χ1) is 14.6. The third-order valence-corrected chi connectivity index (χ3v) is 5.20. The minimum Gasteiger partial charge on any atom is -0.354 e. The van der Waals surface area contributed by atoms with Gasteiger partial charge in [0.25, 0.3) is 0 Å². The molecular weight excluding hydrogens is 396 g/mol. The van der Waals surface area contributed by atoms with Gasteiger partial charge in [-0.05, 0) is 49.4 Å². The summed E-state index contributed by atoms with van der Waals surface area (Å²) in [6, 6.07) is 8.38. The van der Waals surface area contributed by atoms with Gasteiger partial charge in [-0.1, -0.05) is 37.6 Å². The van der Waals surface area contributed by atoms with Crippen LogP contribution in [-0.4, -0.2) is 46.0 Å². The topological polar surface area (TPSA) is 106 Å². The lowest BCUT2D eigenvalue weighted by Gasteiger charge is -2.20. The molecule has 9 heteroatoms. The molecular formula is C21H35N8S+. The molecule has 1 heterocycles. The third kappa shape index (κ3) is 7.70. The zero-order valence-electron chi connectivity index (χ0n) is 18.5. The lowest BCUT2D eigenvalue weighted by Crippen LogP contribution is -2.72. The summed E-state index contributed by atoms with van der Waals surface area (Å²) in [6.45, 7) is 10.2. The molecule has 0 radical (unpaired) electrons. The summed E-state index contributed by atoms with van der Waals surface area (Å²) in [6.07, 6.45) is 4.15. The molecule has 2 aromatic rings. The Morgan fingerprint density at radius 1 is 1.07 bits per heavy atom. The fraction of sp³-hybridized carbons (Fsp3) is 0.524. The van der Waals surface area contributed by atoms with Crippen molar-refractivity contribution in [3.63, 3.8) is 0 Å². The highest BCUT2D eigenvalue weighted by atomic mass is 32.2. The van der Waals surface area contributed by atoms with Gasteiger partial charge in [-0.15, -0.1) is 0 Å². The van der Waals surface area contributed by atoms with Crippen molar-refractivity contribution in [3.05, 3.63) is 35.4 Å². The van der Waals surface area contributed by atoms with Gasteiger partial charge in [0.05, 0.1) is 0 Å². The minimum absolute atomic E-state index is 0.578. The highest BCUT2D eigenvalue weighted by Gasteiger charge is 2.11. The number of benzene rings is 1. The van der Waals surface area contributed by atoms with Crippen LogP contribution < -0.4 is 26.3 Å². The van der Waals surface area contributed by atoms with E-state index in [9.17, 15) is 0 Å². The van der Waals surface area contributed by atoms with E-state index in [0.29, 0.717) is 30.9 Å². The van der Waals surface area contributed by atoms with Gasteiger partial charge in [0.15, 0.2) is 0 Å². The van der Waals surface area contributed by atoms with E-state index in [4.69, 9.17) is 5.73 Å². The molecule has 0 amide bonds. The van der Waals surface area contributed by atoms with Crippen LogP contribution in [0, 0.1) is 0 Å². The number of nitrogens with zero attached hydrogens (tertiary/aromatic N) is 4. The SMILES string of the molecule is CCCCNc1nc(NCc2cccc(C[NH+]=C(N)SC)c2)nc(N(CC)CC)n1. The van der Waals surface area contributed by atoms with Crippen molar-refractivity contribution >= 4 is 34.8 Å². The number of nitrogens with one attached hydrogen (secondary N) is 3. The molecule has 164 valence electrons. The van der Waals surface area contributed by atoms with E-state index in [2.05, 4.69) is 80.5 Å². The maximum Gasteiger partial charge on any atom is 0.301 e. The number of aromatic nitrogens is 3. The summed E-state index contributed by atoms with van der Waals surface area (Å²) in [7, 11) is 0. The Bertz CT molecular complexity index is 807. The van der Waals surface area contributed by atoms with Crippen molar-refractivity contribution in [2.75, 3.05) is 41.4 Å². The van der Waals surface area contributed by atoms with E-state index in [-0.39, 0.29) is 0 Å². The molecule has 0 atom stereocenters. The van der Waals surface area contributed by atoms with E-state index >= 15 is 0 Å². The first-order valence-electron chi connectivity index (χ1n) is 10.6. The molecule has 0 spiro atoms. The summed E-state index contributed by atoms with van der Waals surface area (Å²) in [4.78, 5) is 19.1. The standard InChI is InChI=1S/C21H34N8S/c1-5-8-12-23-19-26-20(28-21(27-19)29(6-2)7-3)25-15-17-11-9-10-16(13-17)14-24-18(22)30-4/h9-11,13H,5-8,12,14-15H2,1-4H3,(H2,22,24)(H2,23,25,26,27,28)/p+1. The number of nitrogens with two attached hydrogens (primary N) is 1. The fourth-order valence-corrected chi connectivity index (χ4v) is 3.06. The molecule has 0 fully saturated rings. The molecule has 0 unspecified atom stereocenters. The van der Waals surface area contributed by atoms with Crippen molar-refractivity contribution in [2.24, 2.45) is 5.73 Å². The van der Waals surface area contributed by atoms with Gasteiger partial charge >= 0.3 is 5.17 Å². The molecule has 0 bridgehead atoms. The number of hydrogen-bond acceptors (Lipinski definition) is 7. The summed E-state index contributed by atoms with van der Waals surface area (Å²) >= 11 is 1.51. The largest absolute Gasteiger partial charge is 0.354 e. The zero-order valence-corrected chi connectivity index (χ0v) is 19.4. The molecule has 8 nitrogen and oxygen atoms in total. The maximum atomic E-state index is 5.84. The summed E-state index contributed by atoms with van der Waals surface area (Å²) in [5, 5.41) is 7.39. The van der Waals surface area contributed by atoms with Crippen LogP contribution in [0.4, 0.5) is 17.8 Å². The molecule has 0 saturated heterocycles. The maximum absolute atomic E-state index is 5.84. The second kappa shape index (κ2) is 12.9. The van der Waals surface area contributed by atoms with Crippen LogP contribution in [0.25, 0.3) is 0 Å². The molecule has 0 aliphatic carbocycles. The monoisotopic (exact) mass is 431 g/mol. The van der Waals surface area contributed by atoms with Crippen molar-refractivity contribution < 1.29 is 4.99 Å². The van der Waals surface area contributed by atoms with Gasteiger partial charge < -0.3 is 15.5 Å². The number of thioether (sulfide) groups is 1. The van der Waals surface area contributed by atoms with Crippen LogP contribution in [0.3, 0.4) is 0 Å². The molecule has 2 rings (SSSR count). The Morgan fingerprint density at radius 2 is 1.77 bits per heavy atom. The van der Waals surface area contributed by atoms with Crippen LogP contribution in [-0.2, 0) is 13.1 Å². The van der Waals surface area contributed by atoms with E-state index in [1.807, 2.05) is 6.26 Å². The summed E-state index contributed by atoms with van der Waals surface area (Å²) in [5.41, 5.74) is 8.17. The van der Waals surface area contributed by atoms with Crippen molar-refractivity contribution in [2.45, 2.75) is 46.7 Å². The zero-order chi connectivity index (χ0) is 21.8. The van der Waals surface area contributed by atoms with E-state index in [1.165, 1.54) is 17.3 Å². The lowest BCUT2D eigenvalue weighted by atomic mass is 10.1. The van der Waals surface area contributed by atoms with E-state index < -0.39 is 0 Å². The number of anilines is 3. The number of amidine groups is 1. The normalized spacial score (nSPS) is 11.4. The Labute approximate surface area is 184 Å². The second-order valence-corrected chi connectivity index (χ2v) is 7.68. The van der Waals surface area contributed by atoms with Crippen LogP contribution >= 0.6 is 11.8 Å². The highest BCUT2D eigenvalue weighted by molar-refractivity contribution is 8.12. The van der Waals surface area contributed by atoms with Crippen LogP contribution in [0.1, 0.15) is 44.7 Å². The summed E-state index contributed by atoms with van der Waals surface area (Å²) < 4.78 is 0. The van der Waals surface area contributed by atoms with E-state index in [0.717, 1.165) is 43.2 Å². The number of hydrogen-bond donors (Lipinski definition) is 4. The smallest absolute Gasteiger partial charge is 0.301 e. The Morgan fingerprint density at radius 3 is 2.43 bits per heavy atom. The van der Waals surface area contributed by atoms with Gasteiger partial charge in [0.2, 0.25) is 17.8 Å². The number of rotatable bonds is 12. The third-order valence-electron chi connectivity index (χ3n) is 4.61. The Balaban J connectivity index is 2.12. The van der Waals surface area contributed by atoms with Gasteiger partial charge in [-0.3, -0.25) is 10.7 Å². The van der Waals surface area contributed by atoms with Crippen LogP contribution in [0.5, 0.6) is 0 Å². The van der Waals surface area contributed by atoms with Gasteiger partial charge in [0.1, 0.15) is 6.54 Å². The first-order valence-corrected chi connectivity index (χ1v) is 11.8. The quantitative estimate of drug-likeness (QED) is 0.229. The minimum atomic E-state index is 0.578. The Hall–Kier alpha value is -2.55. The molecule has 30 heavy (non-hydrogen) atoms. The fourth-order valence-electron chi connectivity index (χ4n) is 2.84. The second-order valence-electron chi connectivity index (χ2n) is 6.83. The first kappa shape index (κ1) is 23.7. The molecule has 1 aromatic heterocycles. The predicted octanol–water partition coefficient (Wildman–Crippen LogP) is 1.80. The highest BCUT2D eigenvalue weighted by Crippen LogP contribution is 2.15. The van der Waals surface area contributed by atoms with Crippen LogP contribution in [0.15, 0.2) is 24.3 Å². The van der Waals surface area contributed by atoms with Crippen molar-refractivity contribution in [1.82, 2.24) is 15.0 Å². The molecule has 0 aliphatic heterocycles. The average Bonchev–Trinajstić information content (AvgIpc) is 2.77. The van der Waals surface area contributed by atoms with Gasteiger partial charge in [0, 0.05) is 26.2 Å². The number of unbranched alkanes of at least 4 members (excludes halogenated alkanes) is 1. The lowest BCUT2D eigenvalue weighted by molar-refractivity contribution is -0.473. The van der Waals surface area contributed by atoms with Gasteiger partial charge in [-0.25, -0.2) is 0 Å². The van der Waals surface area contributed by atoms with E-state index in [1.54, 1.807) is 0 Å². The average molecular weight is 432 g/mol. The van der Waals surface area contributed by atoms with Crippen molar-refractivity contribution in [1.29, 1.82) is 0 Å². The van der Waals surface area contributed by atoms with Crippen LogP contribution in [0.2, 0.25) is 0 Å². The summed E-state index contributed by atoms with van der Waals surface area (Å²) in [5.74, 6) is 1.88. The molecule has 5 N–H and O–H groups in total. The molecule has 0 aliphatic rings. The van der Waals surface area contributed by atoms with Crippen molar-refractivity contribution in [3.8, 4) is 0 Å². The predicted molar refractivity (Wildman–Crippen MR) is 128 cm³/mol.